The fourth-order valence-electron chi connectivity index (χ4n) is 3.55. The first kappa shape index (κ1) is 22.5. The number of hydrazone groups is 1. The molecule has 0 bridgehead atoms. The number of nitro benzene ring substituents is 1. The van der Waals surface area contributed by atoms with Gasteiger partial charge in [-0.05, 0) is 44.0 Å². The molecule has 34 heavy (non-hydrogen) atoms. The normalized spacial score (nSPS) is 13.7. The van der Waals surface area contributed by atoms with Crippen LogP contribution in [0.3, 0.4) is 0 Å². The van der Waals surface area contributed by atoms with E-state index in [0.717, 1.165) is 0 Å². The molecule has 3 N–H and O–H groups in total. The molecule has 2 heterocycles. The van der Waals surface area contributed by atoms with Gasteiger partial charge < -0.3 is 8.83 Å². The fraction of sp³-hybridized carbons (Fsp3) is 0.182. The molecule has 0 aliphatic heterocycles. The first-order valence-corrected chi connectivity index (χ1v) is 10.2. The third-order valence-corrected chi connectivity index (χ3v) is 5.20. The number of amides is 3. The molecule has 12 nitrogen and oxygen atoms in total. The zero-order chi connectivity index (χ0) is 24.2. The second kappa shape index (κ2) is 9.40. The van der Waals surface area contributed by atoms with Gasteiger partial charge in [0.2, 0.25) is 0 Å². The molecule has 3 amide bonds. The van der Waals surface area contributed by atoms with Crippen LogP contribution in [-0.2, 0) is 6.42 Å². The molecule has 0 atom stereocenters. The maximum atomic E-state index is 12.7. The van der Waals surface area contributed by atoms with Gasteiger partial charge in [0, 0.05) is 35.2 Å². The van der Waals surface area contributed by atoms with Crippen LogP contribution in [0.4, 0.5) is 5.69 Å². The number of nitro groups is 1. The van der Waals surface area contributed by atoms with Crippen molar-refractivity contribution in [3.63, 3.8) is 0 Å². The number of hydrogen-bond acceptors (Lipinski definition) is 8. The van der Waals surface area contributed by atoms with Crippen molar-refractivity contribution in [2.75, 3.05) is 0 Å². The highest BCUT2D eigenvalue weighted by molar-refractivity contribution is 6.07. The minimum absolute atomic E-state index is 0.000889. The lowest BCUT2D eigenvalue weighted by atomic mass is 9.93. The number of nitrogens with one attached hydrogen (secondary N) is 3. The van der Waals surface area contributed by atoms with Gasteiger partial charge in [-0.2, -0.15) is 5.10 Å². The molecule has 1 aliphatic carbocycles. The maximum Gasteiger partial charge on any atom is 0.307 e. The Bertz CT molecular complexity index is 1290. The summed E-state index contributed by atoms with van der Waals surface area (Å²) in [5.41, 5.74) is 8.67. The van der Waals surface area contributed by atoms with Crippen LogP contribution in [0, 0.1) is 17.0 Å². The van der Waals surface area contributed by atoms with Crippen LogP contribution in [-0.4, -0.2) is 28.4 Å². The Hall–Kier alpha value is -4.74. The van der Waals surface area contributed by atoms with Crippen LogP contribution >= 0.6 is 0 Å². The number of hydrazine groups is 1. The molecule has 0 unspecified atom stereocenters. The highest BCUT2D eigenvalue weighted by Gasteiger charge is 2.28. The van der Waals surface area contributed by atoms with E-state index >= 15 is 0 Å². The minimum atomic E-state index is -0.680. The van der Waals surface area contributed by atoms with Gasteiger partial charge in [0.15, 0.2) is 11.5 Å². The van der Waals surface area contributed by atoms with E-state index in [4.69, 9.17) is 8.83 Å². The average molecular weight is 465 g/mol. The maximum absolute atomic E-state index is 12.7. The number of nitrogens with zero attached hydrogens (tertiary/aromatic N) is 2. The molecule has 0 saturated carbocycles. The van der Waals surface area contributed by atoms with E-state index in [1.54, 1.807) is 13.0 Å². The predicted octanol–water partition coefficient (Wildman–Crippen LogP) is 2.63. The molecule has 3 aromatic rings. The number of hydrogen-bond donors (Lipinski definition) is 3. The predicted molar refractivity (Wildman–Crippen MR) is 117 cm³/mol. The van der Waals surface area contributed by atoms with E-state index < -0.39 is 22.6 Å². The summed E-state index contributed by atoms with van der Waals surface area (Å²) < 4.78 is 10.8. The molecule has 2 aromatic heterocycles. The number of rotatable bonds is 5. The molecule has 12 heteroatoms. The molecule has 174 valence electrons. The third kappa shape index (κ3) is 4.55. The van der Waals surface area contributed by atoms with E-state index in [1.165, 1.54) is 36.6 Å². The molecule has 0 radical (unpaired) electrons. The van der Waals surface area contributed by atoms with Gasteiger partial charge in [0.1, 0.15) is 5.76 Å². The number of non-ortho nitro benzene ring substituents is 1. The van der Waals surface area contributed by atoms with Crippen molar-refractivity contribution in [2.45, 2.75) is 26.2 Å². The summed E-state index contributed by atoms with van der Waals surface area (Å²) in [5.74, 6) is -1.16. The van der Waals surface area contributed by atoms with Gasteiger partial charge in [0.05, 0.1) is 16.9 Å². The summed E-state index contributed by atoms with van der Waals surface area (Å²) in [4.78, 5) is 47.2. The van der Waals surface area contributed by atoms with E-state index in [9.17, 15) is 24.5 Å². The van der Waals surface area contributed by atoms with Gasteiger partial charge in [-0.3, -0.25) is 35.3 Å². The smallest absolute Gasteiger partial charge is 0.307 e. The van der Waals surface area contributed by atoms with Gasteiger partial charge in [-0.1, -0.05) is 0 Å². The van der Waals surface area contributed by atoms with Gasteiger partial charge in [-0.15, -0.1) is 0 Å². The van der Waals surface area contributed by atoms with Crippen molar-refractivity contribution in [3.05, 3.63) is 86.7 Å². The van der Waals surface area contributed by atoms with Gasteiger partial charge in [0.25, 0.3) is 11.6 Å². The van der Waals surface area contributed by atoms with E-state index in [-0.39, 0.29) is 22.8 Å². The number of furan rings is 2. The molecule has 0 saturated heterocycles. The van der Waals surface area contributed by atoms with Crippen molar-refractivity contribution < 1.29 is 28.1 Å². The Labute approximate surface area is 192 Å². The lowest BCUT2D eigenvalue weighted by Gasteiger charge is -2.13. The zero-order valence-corrected chi connectivity index (χ0v) is 17.9. The molecule has 0 fully saturated rings. The van der Waals surface area contributed by atoms with Crippen molar-refractivity contribution in [2.24, 2.45) is 5.10 Å². The first-order chi connectivity index (χ1) is 16.3. The van der Waals surface area contributed by atoms with Crippen LogP contribution in [0.1, 0.15) is 61.2 Å². The Kier molecular flexibility index (Phi) is 6.21. The largest absolute Gasteiger partial charge is 0.459 e. The van der Waals surface area contributed by atoms with Crippen molar-refractivity contribution >= 4 is 29.1 Å². The van der Waals surface area contributed by atoms with Crippen LogP contribution in [0.15, 0.2) is 56.6 Å². The monoisotopic (exact) mass is 465 g/mol. The molecule has 1 aliphatic rings. The van der Waals surface area contributed by atoms with Gasteiger partial charge >= 0.3 is 11.8 Å². The Balaban J connectivity index is 1.45. The summed E-state index contributed by atoms with van der Waals surface area (Å²) in [6, 6.07) is 8.02. The number of benzene rings is 1. The standard InChI is InChI=1S/C22H19N5O7/c1-12-18-15(23-25-21(29)17-6-3-11-33-17)4-2-5-16(18)34-19(12)22(30)26-24-20(28)13-7-9-14(10-8-13)27(31)32/h3,6-11H,2,4-5H2,1H3,(H,24,28)(H,25,29)(H,26,30)/b23-15+. The van der Waals surface area contributed by atoms with Crippen molar-refractivity contribution in [3.8, 4) is 0 Å². The van der Waals surface area contributed by atoms with Crippen molar-refractivity contribution in [1.82, 2.24) is 16.3 Å². The summed E-state index contributed by atoms with van der Waals surface area (Å²) in [7, 11) is 0. The molecule has 0 spiro atoms. The number of carbonyl (C=O) groups is 3. The molecular formula is C22H19N5O7. The van der Waals surface area contributed by atoms with Crippen LogP contribution in [0.5, 0.6) is 0 Å². The first-order valence-electron chi connectivity index (χ1n) is 10.2. The van der Waals surface area contributed by atoms with E-state index in [0.29, 0.717) is 41.9 Å². The summed E-state index contributed by atoms with van der Waals surface area (Å²) in [6.45, 7) is 1.69. The number of fused-ring (bicyclic) bond motifs is 1. The number of carbonyl (C=O) groups excluding carboxylic acids is 3. The van der Waals surface area contributed by atoms with Crippen molar-refractivity contribution in [1.29, 1.82) is 0 Å². The molecular weight excluding hydrogens is 446 g/mol. The number of aryl methyl sites for hydroxylation is 1. The lowest BCUT2D eigenvalue weighted by molar-refractivity contribution is -0.384. The fourth-order valence-corrected chi connectivity index (χ4v) is 3.55. The second-order valence-corrected chi connectivity index (χ2v) is 7.40. The Morgan fingerprint density at radius 1 is 1.03 bits per heavy atom. The van der Waals surface area contributed by atoms with Gasteiger partial charge in [-0.25, -0.2) is 5.43 Å². The van der Waals surface area contributed by atoms with Crippen LogP contribution < -0.4 is 16.3 Å². The third-order valence-electron chi connectivity index (χ3n) is 5.20. The molecule has 1 aromatic carbocycles. The van der Waals surface area contributed by atoms with E-state index in [1.807, 2.05) is 0 Å². The Morgan fingerprint density at radius 2 is 1.76 bits per heavy atom. The average Bonchev–Trinajstić information content (AvgIpc) is 3.50. The Morgan fingerprint density at radius 3 is 2.44 bits per heavy atom. The SMILES string of the molecule is Cc1c(C(=O)NNC(=O)c2ccc([N+](=O)[O-])cc2)oc2c1/C(=N/NC(=O)c1ccco1)CCC2. The van der Waals surface area contributed by atoms with Crippen LogP contribution in [0.25, 0.3) is 0 Å². The van der Waals surface area contributed by atoms with E-state index in [2.05, 4.69) is 21.4 Å². The highest BCUT2D eigenvalue weighted by atomic mass is 16.6. The summed E-state index contributed by atoms with van der Waals surface area (Å²) in [5, 5.41) is 14.9. The van der Waals surface area contributed by atoms with Crippen LogP contribution in [0.2, 0.25) is 0 Å². The summed E-state index contributed by atoms with van der Waals surface area (Å²) >= 11 is 0. The topological polar surface area (TPSA) is 169 Å². The molecule has 4 rings (SSSR count). The lowest BCUT2D eigenvalue weighted by Crippen LogP contribution is -2.41. The summed E-state index contributed by atoms with van der Waals surface area (Å²) in [6.07, 6.45) is 3.26. The highest BCUT2D eigenvalue weighted by Crippen LogP contribution is 2.29. The minimum Gasteiger partial charge on any atom is -0.459 e. The zero-order valence-electron chi connectivity index (χ0n) is 17.9. The quantitative estimate of drug-likeness (QED) is 0.384. The second-order valence-electron chi connectivity index (χ2n) is 7.40.